The van der Waals surface area contributed by atoms with Crippen molar-refractivity contribution in [3.05, 3.63) is 26.6 Å². The first-order chi connectivity index (χ1) is 5.68. The van der Waals surface area contributed by atoms with Gasteiger partial charge in [0.25, 0.3) is 0 Å². The summed E-state index contributed by atoms with van der Waals surface area (Å²) in [5.41, 5.74) is 7.90. The Hall–Kier alpha value is -0.290. The zero-order chi connectivity index (χ0) is 8.72. The fraction of sp³-hybridized carbons (Fsp3) is 0.111. The molecule has 1 aromatic heterocycles. The summed E-state index contributed by atoms with van der Waals surface area (Å²) in [6, 6.07) is 6.24. The van der Waals surface area contributed by atoms with Crippen molar-refractivity contribution in [2.45, 2.75) is 6.92 Å². The standard InChI is InChI=1S/C9H8INS/c1-5-7(11)3-2-6-4-8(10)12-9(5)6/h2-4H,11H2,1H3. The quantitative estimate of drug-likeness (QED) is 0.584. The van der Waals surface area contributed by atoms with Gasteiger partial charge in [-0.1, -0.05) is 6.07 Å². The molecule has 0 aliphatic heterocycles. The van der Waals surface area contributed by atoms with Gasteiger partial charge in [-0.3, -0.25) is 0 Å². The highest BCUT2D eigenvalue weighted by atomic mass is 127. The third-order valence-corrected chi connectivity index (χ3v) is 3.98. The third-order valence-electron chi connectivity index (χ3n) is 1.95. The summed E-state index contributed by atoms with van der Waals surface area (Å²) in [4.78, 5) is 0. The van der Waals surface area contributed by atoms with Gasteiger partial charge in [0.15, 0.2) is 0 Å². The van der Waals surface area contributed by atoms with Crippen LogP contribution in [0.1, 0.15) is 5.56 Å². The van der Waals surface area contributed by atoms with Gasteiger partial charge in [-0.15, -0.1) is 11.3 Å². The highest BCUT2D eigenvalue weighted by molar-refractivity contribution is 14.1. The number of fused-ring (bicyclic) bond motifs is 1. The summed E-state index contributed by atoms with van der Waals surface area (Å²) in [6.07, 6.45) is 0. The maximum Gasteiger partial charge on any atom is 0.0666 e. The molecule has 0 radical (unpaired) electrons. The monoisotopic (exact) mass is 289 g/mol. The van der Waals surface area contributed by atoms with Gasteiger partial charge in [0.1, 0.15) is 0 Å². The number of nitrogen functional groups attached to an aromatic ring is 1. The number of anilines is 1. The van der Waals surface area contributed by atoms with Crippen molar-refractivity contribution in [2.24, 2.45) is 0 Å². The van der Waals surface area contributed by atoms with E-state index in [1.54, 1.807) is 11.3 Å². The molecule has 2 rings (SSSR count). The number of benzene rings is 1. The van der Waals surface area contributed by atoms with E-state index >= 15 is 0 Å². The lowest BCUT2D eigenvalue weighted by atomic mass is 10.1. The Morgan fingerprint density at radius 3 is 2.92 bits per heavy atom. The Morgan fingerprint density at radius 1 is 1.42 bits per heavy atom. The zero-order valence-electron chi connectivity index (χ0n) is 6.60. The Bertz CT molecular complexity index is 433. The molecule has 2 N–H and O–H groups in total. The van der Waals surface area contributed by atoms with Gasteiger partial charge in [0, 0.05) is 10.4 Å². The molecular formula is C9H8INS. The van der Waals surface area contributed by atoms with Gasteiger partial charge < -0.3 is 5.73 Å². The molecule has 1 heterocycles. The molecule has 12 heavy (non-hydrogen) atoms. The lowest BCUT2D eigenvalue weighted by molar-refractivity contribution is 1.55. The van der Waals surface area contributed by atoms with Gasteiger partial charge in [-0.2, -0.15) is 0 Å². The van der Waals surface area contributed by atoms with Crippen LogP contribution >= 0.6 is 33.9 Å². The number of aryl methyl sites for hydroxylation is 1. The Morgan fingerprint density at radius 2 is 2.17 bits per heavy atom. The van der Waals surface area contributed by atoms with E-state index in [4.69, 9.17) is 5.73 Å². The normalized spacial score (nSPS) is 10.8. The lowest BCUT2D eigenvalue weighted by Gasteiger charge is -1.99. The van der Waals surface area contributed by atoms with Gasteiger partial charge in [0.2, 0.25) is 0 Å². The van der Waals surface area contributed by atoms with Crippen molar-refractivity contribution in [1.82, 2.24) is 0 Å². The van der Waals surface area contributed by atoms with Crippen LogP contribution in [0.4, 0.5) is 5.69 Å². The Labute approximate surface area is 88.7 Å². The molecule has 0 aliphatic rings. The Balaban J connectivity index is 2.89. The fourth-order valence-corrected chi connectivity index (χ4v) is 3.12. The van der Waals surface area contributed by atoms with E-state index < -0.39 is 0 Å². The minimum atomic E-state index is 0.890. The minimum absolute atomic E-state index is 0.890. The Kier molecular flexibility index (Phi) is 2.00. The molecule has 0 saturated carbocycles. The molecule has 1 aromatic carbocycles. The van der Waals surface area contributed by atoms with E-state index in [-0.39, 0.29) is 0 Å². The number of rotatable bonds is 0. The van der Waals surface area contributed by atoms with E-state index in [1.807, 2.05) is 6.07 Å². The van der Waals surface area contributed by atoms with E-state index in [1.165, 1.54) is 18.5 Å². The number of hydrogen-bond acceptors (Lipinski definition) is 2. The van der Waals surface area contributed by atoms with Crippen LogP contribution in [-0.2, 0) is 0 Å². The number of halogens is 1. The first kappa shape index (κ1) is 8.31. The zero-order valence-corrected chi connectivity index (χ0v) is 9.57. The lowest BCUT2D eigenvalue weighted by Crippen LogP contribution is -1.87. The van der Waals surface area contributed by atoms with Gasteiger partial charge in [-0.05, 0) is 52.6 Å². The molecule has 0 unspecified atom stereocenters. The molecule has 62 valence electrons. The van der Waals surface area contributed by atoms with E-state index in [9.17, 15) is 0 Å². The van der Waals surface area contributed by atoms with Crippen molar-refractivity contribution < 1.29 is 0 Å². The second-order valence-corrected chi connectivity index (χ2v) is 5.70. The molecule has 1 nitrogen and oxygen atoms in total. The predicted molar refractivity (Wildman–Crippen MR) is 63.7 cm³/mol. The second kappa shape index (κ2) is 2.88. The van der Waals surface area contributed by atoms with Gasteiger partial charge in [-0.25, -0.2) is 0 Å². The van der Waals surface area contributed by atoms with Crippen molar-refractivity contribution >= 4 is 49.7 Å². The summed E-state index contributed by atoms with van der Waals surface area (Å²) in [6.45, 7) is 2.07. The first-order valence-electron chi connectivity index (χ1n) is 3.62. The summed E-state index contributed by atoms with van der Waals surface area (Å²) in [7, 11) is 0. The smallest absolute Gasteiger partial charge is 0.0666 e. The largest absolute Gasteiger partial charge is 0.398 e. The van der Waals surface area contributed by atoms with E-state index in [0.29, 0.717) is 0 Å². The van der Waals surface area contributed by atoms with Crippen molar-refractivity contribution in [2.75, 3.05) is 5.73 Å². The predicted octanol–water partition coefficient (Wildman–Crippen LogP) is 3.40. The minimum Gasteiger partial charge on any atom is -0.398 e. The second-order valence-electron chi connectivity index (χ2n) is 2.75. The van der Waals surface area contributed by atoms with Crippen LogP contribution in [0, 0.1) is 9.81 Å². The van der Waals surface area contributed by atoms with E-state index in [2.05, 4.69) is 41.6 Å². The highest BCUT2D eigenvalue weighted by Gasteiger charge is 2.03. The van der Waals surface area contributed by atoms with Crippen LogP contribution in [0.5, 0.6) is 0 Å². The average Bonchev–Trinajstić information content (AvgIpc) is 2.39. The molecule has 0 bridgehead atoms. The summed E-state index contributed by atoms with van der Waals surface area (Å²) >= 11 is 4.14. The fourth-order valence-electron chi connectivity index (χ4n) is 1.23. The van der Waals surface area contributed by atoms with Crippen molar-refractivity contribution in [3.63, 3.8) is 0 Å². The molecule has 3 heteroatoms. The number of hydrogen-bond donors (Lipinski definition) is 1. The van der Waals surface area contributed by atoms with Crippen LogP contribution < -0.4 is 5.73 Å². The molecular weight excluding hydrogens is 281 g/mol. The molecule has 2 aromatic rings. The molecule has 0 saturated heterocycles. The SMILES string of the molecule is Cc1c(N)ccc2cc(I)sc12. The van der Waals surface area contributed by atoms with Gasteiger partial charge in [0.05, 0.1) is 2.88 Å². The van der Waals surface area contributed by atoms with Crippen molar-refractivity contribution in [3.8, 4) is 0 Å². The third kappa shape index (κ3) is 1.21. The van der Waals surface area contributed by atoms with Crippen LogP contribution in [0.3, 0.4) is 0 Å². The summed E-state index contributed by atoms with van der Waals surface area (Å²) < 4.78 is 2.63. The van der Waals surface area contributed by atoms with Crippen LogP contribution in [0.15, 0.2) is 18.2 Å². The molecule has 0 spiro atoms. The van der Waals surface area contributed by atoms with Crippen LogP contribution in [-0.4, -0.2) is 0 Å². The van der Waals surface area contributed by atoms with Crippen LogP contribution in [0.2, 0.25) is 0 Å². The first-order valence-corrected chi connectivity index (χ1v) is 5.52. The topological polar surface area (TPSA) is 26.0 Å². The highest BCUT2D eigenvalue weighted by Crippen LogP contribution is 2.31. The molecule has 0 amide bonds. The van der Waals surface area contributed by atoms with Crippen molar-refractivity contribution in [1.29, 1.82) is 0 Å². The summed E-state index contributed by atoms with van der Waals surface area (Å²) in [5, 5.41) is 1.30. The number of nitrogens with two attached hydrogens (primary N) is 1. The molecule has 0 atom stereocenters. The van der Waals surface area contributed by atoms with Gasteiger partial charge >= 0.3 is 0 Å². The van der Waals surface area contributed by atoms with Crippen LogP contribution in [0.25, 0.3) is 10.1 Å². The molecule has 0 fully saturated rings. The maximum atomic E-state index is 5.80. The summed E-state index contributed by atoms with van der Waals surface area (Å²) in [5.74, 6) is 0. The van der Waals surface area contributed by atoms with E-state index in [0.717, 1.165) is 5.69 Å². The maximum absolute atomic E-state index is 5.80. The number of thiophene rings is 1. The molecule has 0 aliphatic carbocycles. The average molecular weight is 289 g/mol.